The van der Waals surface area contributed by atoms with E-state index in [-0.39, 0.29) is 5.91 Å². The molecule has 0 bridgehead atoms. The number of aromatic nitrogens is 3. The number of thiazole rings is 1. The Balaban J connectivity index is 1.48. The van der Waals surface area contributed by atoms with Crippen molar-refractivity contribution in [2.24, 2.45) is 0 Å². The fraction of sp³-hybridized carbons (Fsp3) is 0.267. The lowest BCUT2D eigenvalue weighted by Gasteiger charge is -2.05. The molecule has 6 nitrogen and oxygen atoms in total. The summed E-state index contributed by atoms with van der Waals surface area (Å²) in [4.78, 5) is 16.9. The molecule has 0 unspecified atom stereocenters. The summed E-state index contributed by atoms with van der Waals surface area (Å²) in [7, 11) is 1.62. The topological polar surface area (TPSA) is 68.5 Å². The van der Waals surface area contributed by atoms with Crippen molar-refractivity contribution in [2.75, 3.05) is 13.7 Å². The number of ether oxygens (including phenoxy) is 1. The number of carbonyl (C=O) groups is 1. The number of rotatable bonds is 6. The van der Waals surface area contributed by atoms with Crippen molar-refractivity contribution < 1.29 is 9.53 Å². The van der Waals surface area contributed by atoms with Gasteiger partial charge in [0.25, 0.3) is 0 Å². The molecule has 0 aliphatic carbocycles. The van der Waals surface area contributed by atoms with Gasteiger partial charge in [-0.05, 0) is 17.7 Å². The van der Waals surface area contributed by atoms with Crippen molar-refractivity contribution in [1.29, 1.82) is 0 Å². The average Bonchev–Trinajstić information content (AvgIpc) is 3.13. The van der Waals surface area contributed by atoms with Gasteiger partial charge in [-0.1, -0.05) is 12.1 Å². The van der Waals surface area contributed by atoms with Crippen molar-refractivity contribution in [3.05, 3.63) is 47.2 Å². The summed E-state index contributed by atoms with van der Waals surface area (Å²) < 4.78 is 6.90. The van der Waals surface area contributed by atoms with Crippen molar-refractivity contribution in [3.63, 3.8) is 0 Å². The van der Waals surface area contributed by atoms with Gasteiger partial charge in [-0.3, -0.25) is 4.79 Å². The molecule has 0 saturated carbocycles. The van der Waals surface area contributed by atoms with Crippen LogP contribution in [-0.4, -0.2) is 34.2 Å². The van der Waals surface area contributed by atoms with E-state index in [9.17, 15) is 4.79 Å². The van der Waals surface area contributed by atoms with Crippen LogP contribution in [0.4, 0.5) is 0 Å². The van der Waals surface area contributed by atoms with Crippen LogP contribution in [0.25, 0.3) is 4.96 Å². The molecule has 1 amide bonds. The third-order valence-corrected chi connectivity index (χ3v) is 4.20. The zero-order valence-electron chi connectivity index (χ0n) is 12.2. The summed E-state index contributed by atoms with van der Waals surface area (Å²) >= 11 is 1.55. The second-order valence-electron chi connectivity index (χ2n) is 4.81. The molecule has 0 fully saturated rings. The lowest BCUT2D eigenvalue weighted by atomic mass is 10.1. The molecule has 2 heterocycles. The summed E-state index contributed by atoms with van der Waals surface area (Å²) in [6, 6.07) is 7.51. The zero-order chi connectivity index (χ0) is 15.4. The average molecular weight is 316 g/mol. The molecular weight excluding hydrogens is 300 g/mol. The first-order valence-corrected chi connectivity index (χ1v) is 7.80. The Morgan fingerprint density at radius 1 is 1.36 bits per heavy atom. The van der Waals surface area contributed by atoms with Crippen molar-refractivity contribution in [2.45, 2.75) is 12.8 Å². The molecule has 3 aromatic rings. The summed E-state index contributed by atoms with van der Waals surface area (Å²) in [6.07, 6.45) is 2.64. The Morgan fingerprint density at radius 3 is 2.95 bits per heavy atom. The predicted molar refractivity (Wildman–Crippen MR) is 84.3 cm³/mol. The van der Waals surface area contributed by atoms with Crippen LogP contribution in [0.15, 0.2) is 36.0 Å². The van der Waals surface area contributed by atoms with Gasteiger partial charge in [0.15, 0.2) is 0 Å². The molecule has 0 atom stereocenters. The normalized spacial score (nSPS) is 10.8. The van der Waals surface area contributed by atoms with Crippen molar-refractivity contribution in [1.82, 2.24) is 19.9 Å². The van der Waals surface area contributed by atoms with Crippen LogP contribution in [0.3, 0.4) is 0 Å². The fourth-order valence-electron chi connectivity index (χ4n) is 2.17. The standard InChI is InChI=1S/C15H16N4O2S/c1-21-13-4-2-11(3-5-13)8-14(20)16-7-6-12-9-22-15-17-10-18-19(12)15/h2-5,9-10H,6-8H2,1H3,(H,16,20). The van der Waals surface area contributed by atoms with Gasteiger partial charge in [-0.15, -0.1) is 11.3 Å². The number of benzene rings is 1. The molecule has 1 aromatic carbocycles. The minimum atomic E-state index is 0.00947. The van der Waals surface area contributed by atoms with Crippen molar-refractivity contribution >= 4 is 22.2 Å². The number of fused-ring (bicyclic) bond motifs is 1. The van der Waals surface area contributed by atoms with E-state index in [1.807, 2.05) is 29.6 Å². The minimum Gasteiger partial charge on any atom is -0.497 e. The largest absolute Gasteiger partial charge is 0.497 e. The van der Waals surface area contributed by atoms with E-state index in [2.05, 4.69) is 15.4 Å². The third-order valence-electron chi connectivity index (χ3n) is 3.32. The smallest absolute Gasteiger partial charge is 0.224 e. The Bertz CT molecular complexity index is 763. The SMILES string of the molecule is COc1ccc(CC(=O)NCCc2csc3ncnn23)cc1. The number of methoxy groups -OCH3 is 1. The van der Waals surface area contributed by atoms with Crippen LogP contribution >= 0.6 is 11.3 Å². The number of amides is 1. The number of nitrogens with one attached hydrogen (secondary N) is 1. The maximum atomic E-state index is 11.9. The molecule has 1 N–H and O–H groups in total. The van der Waals surface area contributed by atoms with Crippen LogP contribution in [0.1, 0.15) is 11.3 Å². The first-order chi connectivity index (χ1) is 10.8. The molecule has 3 rings (SSSR count). The molecule has 0 saturated heterocycles. The number of hydrogen-bond donors (Lipinski definition) is 1. The second-order valence-corrected chi connectivity index (χ2v) is 5.64. The summed E-state index contributed by atoms with van der Waals surface area (Å²) in [5.41, 5.74) is 2.02. The van der Waals surface area contributed by atoms with Crippen molar-refractivity contribution in [3.8, 4) is 5.75 Å². The minimum absolute atomic E-state index is 0.00947. The van der Waals surface area contributed by atoms with Gasteiger partial charge in [-0.25, -0.2) is 9.50 Å². The van der Waals surface area contributed by atoms with Gasteiger partial charge in [0.05, 0.1) is 19.2 Å². The fourth-order valence-corrected chi connectivity index (χ4v) is 3.00. The van der Waals surface area contributed by atoms with Gasteiger partial charge >= 0.3 is 0 Å². The molecule has 22 heavy (non-hydrogen) atoms. The van der Waals surface area contributed by atoms with Gasteiger partial charge in [0.1, 0.15) is 12.1 Å². The molecule has 7 heteroatoms. The summed E-state index contributed by atoms with van der Waals surface area (Å²) in [5.74, 6) is 0.800. The lowest BCUT2D eigenvalue weighted by molar-refractivity contribution is -0.120. The number of carbonyl (C=O) groups excluding carboxylic acids is 1. The zero-order valence-corrected chi connectivity index (χ0v) is 13.0. The van der Waals surface area contributed by atoms with Crippen LogP contribution < -0.4 is 10.1 Å². The van der Waals surface area contributed by atoms with E-state index < -0.39 is 0 Å². The highest BCUT2D eigenvalue weighted by Gasteiger charge is 2.07. The highest BCUT2D eigenvalue weighted by atomic mass is 32.1. The third kappa shape index (κ3) is 3.25. The van der Waals surface area contributed by atoms with Crippen LogP contribution in [-0.2, 0) is 17.6 Å². The molecule has 0 spiro atoms. The summed E-state index contributed by atoms with van der Waals surface area (Å²) in [5, 5.41) is 9.10. The van der Waals surface area contributed by atoms with Gasteiger partial charge in [-0.2, -0.15) is 5.10 Å². The highest BCUT2D eigenvalue weighted by molar-refractivity contribution is 7.15. The maximum Gasteiger partial charge on any atom is 0.224 e. The molecule has 0 aliphatic rings. The first-order valence-electron chi connectivity index (χ1n) is 6.92. The molecule has 114 valence electrons. The second kappa shape index (κ2) is 6.57. The van der Waals surface area contributed by atoms with Crippen LogP contribution in [0.5, 0.6) is 5.75 Å². The monoisotopic (exact) mass is 316 g/mol. The maximum absolute atomic E-state index is 11.9. The van der Waals surface area contributed by atoms with Gasteiger partial charge < -0.3 is 10.1 Å². The van der Waals surface area contributed by atoms with E-state index in [1.54, 1.807) is 23.0 Å². The molecule has 2 aromatic heterocycles. The Labute approximate surface area is 131 Å². The number of nitrogens with zero attached hydrogens (tertiary/aromatic N) is 3. The molecule has 0 radical (unpaired) electrons. The molecular formula is C15H16N4O2S. The van der Waals surface area contributed by atoms with E-state index >= 15 is 0 Å². The lowest BCUT2D eigenvalue weighted by Crippen LogP contribution is -2.27. The first kappa shape index (κ1) is 14.5. The Kier molecular flexibility index (Phi) is 4.34. The van der Waals surface area contributed by atoms with E-state index in [0.29, 0.717) is 13.0 Å². The van der Waals surface area contributed by atoms with Gasteiger partial charge in [0, 0.05) is 18.3 Å². The highest BCUT2D eigenvalue weighted by Crippen LogP contribution is 2.13. The van der Waals surface area contributed by atoms with E-state index in [0.717, 1.165) is 28.4 Å². The Morgan fingerprint density at radius 2 is 2.18 bits per heavy atom. The summed E-state index contributed by atoms with van der Waals surface area (Å²) in [6.45, 7) is 0.584. The number of hydrogen-bond acceptors (Lipinski definition) is 5. The van der Waals surface area contributed by atoms with E-state index in [4.69, 9.17) is 4.74 Å². The van der Waals surface area contributed by atoms with E-state index in [1.165, 1.54) is 6.33 Å². The molecule has 0 aliphatic heterocycles. The van der Waals surface area contributed by atoms with Crippen LogP contribution in [0, 0.1) is 0 Å². The quantitative estimate of drug-likeness (QED) is 0.751. The Hall–Kier alpha value is -2.41. The van der Waals surface area contributed by atoms with Gasteiger partial charge in [0.2, 0.25) is 10.9 Å². The predicted octanol–water partition coefficient (Wildman–Crippen LogP) is 1.70. The van der Waals surface area contributed by atoms with Crippen LogP contribution in [0.2, 0.25) is 0 Å².